The van der Waals surface area contributed by atoms with Gasteiger partial charge in [0, 0.05) is 16.5 Å². The van der Waals surface area contributed by atoms with Crippen LogP contribution in [-0.2, 0) is 18.0 Å². The molecule has 0 amide bonds. The minimum Gasteiger partial charge on any atom is -0.487 e. The van der Waals surface area contributed by atoms with Gasteiger partial charge in [-0.25, -0.2) is 9.59 Å². The summed E-state index contributed by atoms with van der Waals surface area (Å²) in [7, 11) is -2.59. The minimum absolute atomic E-state index is 0.304. The number of fused-ring (bicyclic) bond motifs is 3. The van der Waals surface area contributed by atoms with Gasteiger partial charge in [0.05, 0.1) is 15.2 Å². The van der Waals surface area contributed by atoms with Crippen LogP contribution in [0.3, 0.4) is 0 Å². The predicted octanol–water partition coefficient (Wildman–Crippen LogP) is 7.51. The van der Waals surface area contributed by atoms with E-state index in [-0.39, 0.29) is 12.0 Å². The second kappa shape index (κ2) is 10.5. The molecule has 0 N–H and O–H groups in total. The van der Waals surface area contributed by atoms with Gasteiger partial charge < -0.3 is 18.0 Å². The first-order chi connectivity index (χ1) is 18.7. The number of nitrogens with zero attached hydrogens (tertiary/aromatic N) is 1. The van der Waals surface area contributed by atoms with Crippen molar-refractivity contribution >= 4 is 39.9 Å². The molecule has 4 heterocycles. The molecule has 0 aliphatic carbocycles. The van der Waals surface area contributed by atoms with Crippen LogP contribution < -0.4 is 4.74 Å². The SMILES string of the molecule is CC(C)(C)Oc1ccccc1Sc1ccc2c(c1)C(C1CCC3CCCCN3CC1)=CS21OC(=O)CC(=O)O1. The second-order valence-corrected chi connectivity index (χ2v) is 15.1. The van der Waals surface area contributed by atoms with Crippen LogP contribution >= 0.6 is 22.4 Å². The van der Waals surface area contributed by atoms with Crippen LogP contribution in [0.4, 0.5) is 0 Å². The predicted molar refractivity (Wildman–Crippen MR) is 155 cm³/mol. The second-order valence-electron chi connectivity index (χ2n) is 11.9. The van der Waals surface area contributed by atoms with E-state index in [2.05, 4.69) is 37.8 Å². The van der Waals surface area contributed by atoms with Crippen molar-refractivity contribution in [2.45, 2.75) is 92.0 Å². The Bertz CT molecular complexity index is 1280. The first-order valence-corrected chi connectivity index (χ1v) is 16.4. The highest BCUT2D eigenvalue weighted by Gasteiger charge is 2.44. The summed E-state index contributed by atoms with van der Waals surface area (Å²) in [5.41, 5.74) is 1.92. The zero-order valence-corrected chi connectivity index (χ0v) is 24.6. The monoisotopic (exact) mass is 567 g/mol. The molecule has 208 valence electrons. The number of hydrogen-bond donors (Lipinski definition) is 0. The molecule has 3 fully saturated rings. The molecule has 0 bridgehead atoms. The fourth-order valence-corrected chi connectivity index (χ4v) is 9.62. The summed E-state index contributed by atoms with van der Waals surface area (Å²) < 4.78 is 18.0. The van der Waals surface area contributed by atoms with E-state index in [1.54, 1.807) is 11.8 Å². The molecule has 3 saturated heterocycles. The molecular formula is C31H37NO5S2. The number of ether oxygens (including phenoxy) is 1. The first kappa shape index (κ1) is 26.8. The molecule has 4 aliphatic rings. The number of para-hydroxylation sites is 1. The summed E-state index contributed by atoms with van der Waals surface area (Å²) in [5, 5.41) is 2.01. The van der Waals surface area contributed by atoms with Crippen molar-refractivity contribution in [1.29, 1.82) is 0 Å². The number of rotatable bonds is 4. The molecule has 0 aromatic heterocycles. The molecule has 0 radical (unpaired) electrons. The molecule has 6 rings (SSSR count). The average Bonchev–Trinajstić information content (AvgIpc) is 3.02. The molecule has 2 atom stereocenters. The van der Waals surface area contributed by atoms with E-state index in [1.807, 2.05) is 35.7 Å². The van der Waals surface area contributed by atoms with Crippen molar-refractivity contribution in [1.82, 2.24) is 4.90 Å². The maximum Gasteiger partial charge on any atom is 0.341 e. The lowest BCUT2D eigenvalue weighted by Gasteiger charge is -2.39. The zero-order chi connectivity index (χ0) is 27.2. The van der Waals surface area contributed by atoms with E-state index in [1.165, 1.54) is 37.8 Å². The largest absolute Gasteiger partial charge is 0.487 e. The van der Waals surface area contributed by atoms with Gasteiger partial charge in [0.25, 0.3) is 0 Å². The summed E-state index contributed by atoms with van der Waals surface area (Å²) in [5.74, 6) is 0.171. The number of carbonyl (C=O) groups excluding carboxylic acids is 2. The Morgan fingerprint density at radius 3 is 2.54 bits per heavy atom. The third-order valence-electron chi connectivity index (χ3n) is 7.87. The fraction of sp³-hybridized carbons (Fsp3) is 0.484. The van der Waals surface area contributed by atoms with Crippen LogP contribution in [-0.4, -0.2) is 41.6 Å². The Morgan fingerprint density at radius 2 is 1.74 bits per heavy atom. The van der Waals surface area contributed by atoms with Crippen LogP contribution in [0.15, 0.2) is 62.6 Å². The van der Waals surface area contributed by atoms with Crippen LogP contribution in [0.5, 0.6) is 5.75 Å². The molecule has 6 nitrogen and oxygen atoms in total. The molecule has 2 aromatic carbocycles. The van der Waals surface area contributed by atoms with E-state index in [9.17, 15) is 9.59 Å². The highest BCUT2D eigenvalue weighted by atomic mass is 32.3. The lowest BCUT2D eigenvalue weighted by molar-refractivity contribution is -0.148. The highest BCUT2D eigenvalue weighted by molar-refractivity contribution is 8.29. The normalized spacial score (nSPS) is 25.6. The van der Waals surface area contributed by atoms with Crippen molar-refractivity contribution in [2.75, 3.05) is 13.1 Å². The maximum atomic E-state index is 12.5. The van der Waals surface area contributed by atoms with Crippen LogP contribution in [0.2, 0.25) is 0 Å². The Labute approximate surface area is 237 Å². The Morgan fingerprint density at radius 1 is 0.949 bits per heavy atom. The zero-order valence-electron chi connectivity index (χ0n) is 22.9. The van der Waals surface area contributed by atoms with Crippen LogP contribution in [0.25, 0.3) is 5.57 Å². The van der Waals surface area contributed by atoms with Crippen LogP contribution in [0.1, 0.15) is 71.3 Å². The quantitative estimate of drug-likeness (QED) is 0.354. The first-order valence-electron chi connectivity index (χ1n) is 14.0. The number of carbonyl (C=O) groups is 2. The van der Waals surface area contributed by atoms with Crippen molar-refractivity contribution in [2.24, 2.45) is 5.92 Å². The maximum absolute atomic E-state index is 12.5. The molecular weight excluding hydrogens is 530 g/mol. The standard InChI is InChI=1S/C31H37NO5S2/c1-31(2,3)35-26-9-4-5-10-27(26)38-23-13-14-28-24(18-23)25(20-39(28)36-29(33)19-30(34)37-39)21-11-12-22-8-6-7-16-32(22)17-15-21/h4-5,9-10,13-14,18,20-22H,6-8,11-12,15-17,19H2,1-3H3. The summed E-state index contributed by atoms with van der Waals surface area (Å²) in [6, 6.07) is 15.0. The third kappa shape index (κ3) is 5.61. The lowest BCUT2D eigenvalue weighted by atomic mass is 9.87. The third-order valence-corrected chi connectivity index (χ3v) is 11.3. The molecule has 8 heteroatoms. The summed E-state index contributed by atoms with van der Waals surface area (Å²) >= 11 is 1.66. The average molecular weight is 568 g/mol. The molecule has 39 heavy (non-hydrogen) atoms. The summed E-state index contributed by atoms with van der Waals surface area (Å²) in [6.07, 6.45) is 6.87. The summed E-state index contributed by atoms with van der Waals surface area (Å²) in [4.78, 5) is 30.5. The smallest absolute Gasteiger partial charge is 0.341 e. The molecule has 4 aliphatic heterocycles. The van der Waals surface area contributed by atoms with Gasteiger partial charge in [-0.3, -0.25) is 0 Å². The highest BCUT2D eigenvalue weighted by Crippen LogP contribution is 2.69. The summed E-state index contributed by atoms with van der Waals surface area (Å²) in [6.45, 7) is 8.42. The van der Waals surface area contributed by atoms with Crippen LogP contribution in [0, 0.1) is 5.92 Å². The molecule has 1 spiro atoms. The van der Waals surface area contributed by atoms with Gasteiger partial charge in [0.1, 0.15) is 17.8 Å². The molecule has 0 saturated carbocycles. The van der Waals surface area contributed by atoms with E-state index >= 15 is 0 Å². The molecule has 2 aromatic rings. The number of piperidine rings is 1. The molecule has 2 unspecified atom stereocenters. The van der Waals surface area contributed by atoms with Crippen molar-refractivity contribution in [3.8, 4) is 5.75 Å². The Balaban J connectivity index is 1.35. The number of benzene rings is 2. The van der Waals surface area contributed by atoms with E-state index in [4.69, 9.17) is 13.1 Å². The van der Waals surface area contributed by atoms with Gasteiger partial charge in [0.15, 0.2) is 0 Å². The Kier molecular flexibility index (Phi) is 7.23. The lowest BCUT2D eigenvalue weighted by Crippen LogP contribution is -2.38. The van der Waals surface area contributed by atoms with Gasteiger partial charge in [-0.1, -0.05) is 40.9 Å². The van der Waals surface area contributed by atoms with Gasteiger partial charge in [-0.2, -0.15) is 0 Å². The van der Waals surface area contributed by atoms with Crippen molar-refractivity contribution < 1.29 is 22.7 Å². The van der Waals surface area contributed by atoms with Gasteiger partial charge in [0.2, 0.25) is 0 Å². The van der Waals surface area contributed by atoms with E-state index in [0.717, 1.165) is 45.4 Å². The number of allylic oxidation sites excluding steroid dienone is 1. The van der Waals surface area contributed by atoms with E-state index in [0.29, 0.717) is 12.0 Å². The van der Waals surface area contributed by atoms with Gasteiger partial charge >= 0.3 is 11.9 Å². The van der Waals surface area contributed by atoms with Crippen molar-refractivity contribution in [3.05, 3.63) is 53.4 Å². The van der Waals surface area contributed by atoms with E-state index < -0.39 is 22.5 Å². The fourth-order valence-electron chi connectivity index (χ4n) is 6.19. The topological polar surface area (TPSA) is 65.1 Å². The van der Waals surface area contributed by atoms with Gasteiger partial charge in [-0.05, 0) is 108 Å². The number of hydrogen-bond acceptors (Lipinski definition) is 7. The minimum atomic E-state index is -2.59. The van der Waals surface area contributed by atoms with Gasteiger partial charge in [-0.15, -0.1) is 0 Å². The van der Waals surface area contributed by atoms with Crippen molar-refractivity contribution in [3.63, 3.8) is 0 Å². The Hall–Kier alpha value is -2.42.